The van der Waals surface area contributed by atoms with Gasteiger partial charge in [-0.25, -0.2) is 0 Å². The van der Waals surface area contributed by atoms with E-state index in [0.717, 1.165) is 0 Å². The summed E-state index contributed by atoms with van der Waals surface area (Å²) in [5, 5.41) is 0. The molecule has 1 aliphatic heterocycles. The Kier molecular flexibility index (Phi) is 3.11. The van der Waals surface area contributed by atoms with Crippen molar-refractivity contribution in [3.8, 4) is 0 Å². The molecule has 0 aromatic heterocycles. The minimum atomic E-state index is -1.01. The standard InChI is InChI=1S/C15H18O7/c1-7(16)5-8-14(6-19-2)9-11(22-8)15(9,13(18)21-4)10(14)12(17)20-3/h5,9-11H,6H2,1-4H3/b8-5-/t9?,10-,11+,14-,15-/m1/s1. The van der Waals surface area contributed by atoms with Crippen molar-refractivity contribution < 1.29 is 33.3 Å². The van der Waals surface area contributed by atoms with E-state index in [1.54, 1.807) is 0 Å². The average molecular weight is 310 g/mol. The van der Waals surface area contributed by atoms with Crippen LogP contribution in [0.15, 0.2) is 11.8 Å². The summed E-state index contributed by atoms with van der Waals surface area (Å²) in [4.78, 5) is 36.0. The van der Waals surface area contributed by atoms with E-state index in [1.807, 2.05) is 0 Å². The van der Waals surface area contributed by atoms with Crippen molar-refractivity contribution in [2.75, 3.05) is 27.9 Å². The largest absolute Gasteiger partial charge is 0.492 e. The lowest BCUT2D eigenvalue weighted by Crippen LogP contribution is -2.61. The summed E-state index contributed by atoms with van der Waals surface area (Å²) in [7, 11) is 4.05. The molecule has 3 fully saturated rings. The maximum absolute atomic E-state index is 12.3. The van der Waals surface area contributed by atoms with Crippen molar-refractivity contribution in [2.24, 2.45) is 22.7 Å². The molecule has 2 aliphatic carbocycles. The van der Waals surface area contributed by atoms with Gasteiger partial charge in [-0.3, -0.25) is 14.4 Å². The van der Waals surface area contributed by atoms with Crippen molar-refractivity contribution in [3.05, 3.63) is 11.8 Å². The zero-order chi connectivity index (χ0) is 16.3. The second-order valence-electron chi connectivity index (χ2n) is 5.99. The number of carbonyl (C=O) groups excluding carboxylic acids is 3. The average Bonchev–Trinajstić information content (AvgIpc) is 2.95. The van der Waals surface area contributed by atoms with E-state index in [-0.39, 0.29) is 18.3 Å². The molecule has 0 N–H and O–H groups in total. The van der Waals surface area contributed by atoms with E-state index in [1.165, 1.54) is 34.3 Å². The normalized spacial score (nSPS) is 42.0. The third kappa shape index (κ3) is 1.37. The Morgan fingerprint density at radius 3 is 2.41 bits per heavy atom. The van der Waals surface area contributed by atoms with E-state index in [2.05, 4.69) is 0 Å². The Hall–Kier alpha value is -1.89. The van der Waals surface area contributed by atoms with Crippen LogP contribution in [-0.4, -0.2) is 51.8 Å². The molecule has 22 heavy (non-hydrogen) atoms. The van der Waals surface area contributed by atoms with Gasteiger partial charge < -0.3 is 18.9 Å². The summed E-state index contributed by atoms with van der Waals surface area (Å²) in [5.74, 6) is -1.76. The molecule has 5 atom stereocenters. The van der Waals surface area contributed by atoms with Gasteiger partial charge in [-0.05, 0) is 6.92 Å². The first kappa shape index (κ1) is 15.0. The van der Waals surface area contributed by atoms with Gasteiger partial charge in [0, 0.05) is 19.1 Å². The minimum Gasteiger partial charge on any atom is -0.492 e. The highest BCUT2D eigenvalue weighted by Crippen LogP contribution is 2.87. The zero-order valence-corrected chi connectivity index (χ0v) is 12.9. The summed E-state index contributed by atoms with van der Waals surface area (Å²) in [5.41, 5.74) is -1.83. The second kappa shape index (κ2) is 4.55. The molecule has 0 amide bonds. The van der Waals surface area contributed by atoms with Gasteiger partial charge in [0.15, 0.2) is 5.78 Å². The number of carbonyl (C=O) groups is 3. The number of allylic oxidation sites excluding steroid dienone is 1. The van der Waals surface area contributed by atoms with Crippen LogP contribution < -0.4 is 0 Å². The van der Waals surface area contributed by atoms with Crippen LogP contribution in [0.4, 0.5) is 0 Å². The number of rotatable bonds is 5. The predicted molar refractivity (Wildman–Crippen MR) is 71.4 cm³/mol. The first-order valence-corrected chi connectivity index (χ1v) is 6.97. The van der Waals surface area contributed by atoms with Crippen molar-refractivity contribution in [3.63, 3.8) is 0 Å². The van der Waals surface area contributed by atoms with Crippen molar-refractivity contribution in [1.29, 1.82) is 0 Å². The summed E-state index contributed by atoms with van der Waals surface area (Å²) in [6, 6.07) is 0. The number of hydrogen-bond donors (Lipinski definition) is 0. The monoisotopic (exact) mass is 310 g/mol. The van der Waals surface area contributed by atoms with Gasteiger partial charge >= 0.3 is 11.9 Å². The lowest BCUT2D eigenvalue weighted by atomic mass is 9.52. The number of fused-ring (bicyclic) bond motifs is 1. The van der Waals surface area contributed by atoms with Gasteiger partial charge in [-0.1, -0.05) is 0 Å². The number of esters is 2. The molecule has 0 spiro atoms. The molecule has 3 aliphatic rings. The molecule has 7 heteroatoms. The molecule has 0 aromatic rings. The third-order valence-corrected chi connectivity index (χ3v) is 5.13. The van der Waals surface area contributed by atoms with Gasteiger partial charge in [-0.15, -0.1) is 0 Å². The van der Waals surface area contributed by atoms with Crippen LogP contribution in [0.25, 0.3) is 0 Å². The molecule has 120 valence electrons. The van der Waals surface area contributed by atoms with Crippen LogP contribution in [0.1, 0.15) is 6.92 Å². The van der Waals surface area contributed by atoms with E-state index < -0.39 is 34.8 Å². The fraction of sp³-hybridized carbons (Fsp3) is 0.667. The summed E-state index contributed by atoms with van der Waals surface area (Å²) in [6.07, 6.45) is 0.896. The minimum absolute atomic E-state index is 0.172. The lowest BCUT2D eigenvalue weighted by Gasteiger charge is -2.50. The first-order chi connectivity index (χ1) is 10.4. The van der Waals surface area contributed by atoms with Crippen molar-refractivity contribution >= 4 is 17.7 Å². The number of ether oxygens (including phenoxy) is 4. The number of methoxy groups -OCH3 is 3. The predicted octanol–water partition coefficient (Wildman–Crippen LogP) is 0.0829. The molecule has 1 unspecified atom stereocenters. The smallest absolute Gasteiger partial charge is 0.317 e. The molecular weight excluding hydrogens is 292 g/mol. The Balaban J connectivity index is 2.08. The Labute approximate surface area is 127 Å². The first-order valence-electron chi connectivity index (χ1n) is 6.97. The van der Waals surface area contributed by atoms with Crippen LogP contribution in [0.5, 0.6) is 0 Å². The van der Waals surface area contributed by atoms with Gasteiger partial charge in [0.1, 0.15) is 17.3 Å². The summed E-state index contributed by atoms with van der Waals surface area (Å²) >= 11 is 0. The second-order valence-corrected chi connectivity index (χ2v) is 5.99. The molecule has 2 saturated carbocycles. The topological polar surface area (TPSA) is 88.1 Å². The number of hydrogen-bond acceptors (Lipinski definition) is 7. The van der Waals surface area contributed by atoms with E-state index >= 15 is 0 Å². The Bertz CT molecular complexity index is 595. The van der Waals surface area contributed by atoms with E-state index in [9.17, 15) is 14.4 Å². The molecule has 0 radical (unpaired) electrons. The molecule has 1 heterocycles. The zero-order valence-electron chi connectivity index (χ0n) is 12.9. The third-order valence-electron chi connectivity index (χ3n) is 5.13. The number of ketones is 1. The fourth-order valence-electron chi connectivity index (χ4n) is 4.53. The van der Waals surface area contributed by atoms with Crippen LogP contribution in [0.3, 0.4) is 0 Å². The molecule has 7 nitrogen and oxygen atoms in total. The summed E-state index contributed by atoms with van der Waals surface area (Å²) in [6.45, 7) is 1.58. The Morgan fingerprint density at radius 2 is 1.91 bits per heavy atom. The van der Waals surface area contributed by atoms with E-state index in [4.69, 9.17) is 18.9 Å². The summed E-state index contributed by atoms with van der Waals surface area (Å²) < 4.78 is 20.8. The molecule has 1 saturated heterocycles. The van der Waals surface area contributed by atoms with Gasteiger partial charge in [-0.2, -0.15) is 0 Å². The van der Waals surface area contributed by atoms with Gasteiger partial charge in [0.25, 0.3) is 0 Å². The highest BCUT2D eigenvalue weighted by atomic mass is 16.6. The Morgan fingerprint density at radius 1 is 1.23 bits per heavy atom. The molecule has 3 rings (SSSR count). The van der Waals surface area contributed by atoms with Gasteiger partial charge in [0.05, 0.1) is 32.2 Å². The molecular formula is C15H18O7. The van der Waals surface area contributed by atoms with Crippen molar-refractivity contribution in [2.45, 2.75) is 13.0 Å². The van der Waals surface area contributed by atoms with E-state index in [0.29, 0.717) is 5.76 Å². The fourth-order valence-corrected chi connectivity index (χ4v) is 4.53. The van der Waals surface area contributed by atoms with Crippen LogP contribution >= 0.6 is 0 Å². The van der Waals surface area contributed by atoms with Crippen LogP contribution in [0, 0.1) is 22.7 Å². The quantitative estimate of drug-likeness (QED) is 0.525. The molecule has 0 aromatic carbocycles. The maximum Gasteiger partial charge on any atom is 0.317 e. The van der Waals surface area contributed by atoms with Crippen molar-refractivity contribution in [1.82, 2.24) is 0 Å². The maximum atomic E-state index is 12.3. The lowest BCUT2D eigenvalue weighted by molar-refractivity contribution is -0.193. The van der Waals surface area contributed by atoms with Crippen LogP contribution in [0.2, 0.25) is 0 Å². The van der Waals surface area contributed by atoms with Crippen LogP contribution in [-0.2, 0) is 33.3 Å². The highest BCUT2D eigenvalue weighted by Gasteiger charge is 2.99. The highest BCUT2D eigenvalue weighted by molar-refractivity contribution is 5.97. The molecule has 0 bridgehead atoms. The van der Waals surface area contributed by atoms with Gasteiger partial charge in [0.2, 0.25) is 0 Å². The SMILES string of the molecule is COC[C@@]12/C(=C/C(C)=O)O[C@H]3C1[C@@]3(C(=O)OC)[C@@H]2C(=O)OC.